The van der Waals surface area contributed by atoms with Gasteiger partial charge in [-0.25, -0.2) is 9.78 Å². The SMILES string of the molecule is CCCCCCCCCCCC(=O)O[C@H]1[C@@H]([C@@H](CO)OOC)OC[C@@H]1O. The van der Waals surface area contributed by atoms with Crippen LogP contribution in [-0.2, 0) is 24.0 Å². The summed E-state index contributed by atoms with van der Waals surface area (Å²) in [7, 11) is 1.32. The third-order valence-corrected chi connectivity index (χ3v) is 4.68. The van der Waals surface area contributed by atoms with Crippen molar-refractivity contribution >= 4 is 5.97 Å². The maximum absolute atomic E-state index is 12.0. The average molecular weight is 376 g/mol. The lowest BCUT2D eigenvalue weighted by molar-refractivity contribution is -0.329. The van der Waals surface area contributed by atoms with E-state index in [4.69, 9.17) is 14.4 Å². The van der Waals surface area contributed by atoms with E-state index in [-0.39, 0.29) is 19.2 Å². The molecule has 1 heterocycles. The molecule has 7 nitrogen and oxygen atoms in total. The molecule has 1 fully saturated rings. The Morgan fingerprint density at radius 1 is 1.12 bits per heavy atom. The van der Waals surface area contributed by atoms with Gasteiger partial charge in [-0.05, 0) is 6.42 Å². The van der Waals surface area contributed by atoms with E-state index < -0.39 is 24.4 Å². The second kappa shape index (κ2) is 14.3. The van der Waals surface area contributed by atoms with Gasteiger partial charge in [-0.1, -0.05) is 58.3 Å². The molecule has 0 aliphatic carbocycles. The number of rotatable bonds is 15. The minimum absolute atomic E-state index is 0.0320. The van der Waals surface area contributed by atoms with Crippen molar-refractivity contribution < 1.29 is 34.3 Å². The van der Waals surface area contributed by atoms with Gasteiger partial charge >= 0.3 is 5.97 Å². The molecule has 26 heavy (non-hydrogen) atoms. The number of carbonyl (C=O) groups is 1. The Bertz CT molecular complexity index is 364. The van der Waals surface area contributed by atoms with Crippen LogP contribution in [0.3, 0.4) is 0 Å². The number of hydrogen-bond acceptors (Lipinski definition) is 7. The van der Waals surface area contributed by atoms with Crippen molar-refractivity contribution in [2.75, 3.05) is 20.3 Å². The molecule has 1 rings (SSSR count). The third kappa shape index (κ3) is 8.77. The number of aliphatic hydroxyl groups is 2. The largest absolute Gasteiger partial charge is 0.457 e. The Morgan fingerprint density at radius 3 is 2.31 bits per heavy atom. The predicted molar refractivity (Wildman–Crippen MR) is 96.4 cm³/mol. The summed E-state index contributed by atoms with van der Waals surface area (Å²) < 4.78 is 10.8. The smallest absolute Gasteiger partial charge is 0.306 e. The molecule has 1 aliphatic heterocycles. The van der Waals surface area contributed by atoms with Crippen LogP contribution in [0.2, 0.25) is 0 Å². The van der Waals surface area contributed by atoms with Crippen molar-refractivity contribution in [1.29, 1.82) is 0 Å². The molecule has 0 bridgehead atoms. The van der Waals surface area contributed by atoms with Crippen LogP contribution >= 0.6 is 0 Å². The van der Waals surface area contributed by atoms with Gasteiger partial charge in [-0.2, -0.15) is 0 Å². The maximum Gasteiger partial charge on any atom is 0.306 e. The van der Waals surface area contributed by atoms with Crippen LogP contribution in [-0.4, -0.2) is 60.9 Å². The highest BCUT2D eigenvalue weighted by atomic mass is 17.2. The number of unbranched alkanes of at least 4 members (excludes halogenated alkanes) is 8. The van der Waals surface area contributed by atoms with Gasteiger partial charge in [0, 0.05) is 6.42 Å². The highest BCUT2D eigenvalue weighted by Crippen LogP contribution is 2.23. The second-order valence-electron chi connectivity index (χ2n) is 6.88. The summed E-state index contributed by atoms with van der Waals surface area (Å²) in [4.78, 5) is 21.5. The first kappa shape index (κ1) is 23.3. The average Bonchev–Trinajstić information content (AvgIpc) is 2.98. The number of aliphatic hydroxyl groups excluding tert-OH is 2. The molecule has 1 aliphatic rings. The zero-order valence-electron chi connectivity index (χ0n) is 16.2. The lowest BCUT2D eigenvalue weighted by atomic mass is 10.1. The fourth-order valence-corrected chi connectivity index (χ4v) is 3.19. The number of carbonyl (C=O) groups excluding carboxylic acids is 1. The standard InChI is InChI=1S/C19H36O7/c1-3-4-5-6-7-8-9-10-11-12-17(22)25-18-15(21)14-24-19(18)16(13-20)26-23-2/h15-16,18-21H,3-14H2,1-2H3/t15-,16+,18+,19+/m0/s1. The molecule has 1 saturated heterocycles. The molecule has 4 atom stereocenters. The molecule has 2 N–H and O–H groups in total. The lowest BCUT2D eigenvalue weighted by Gasteiger charge is -2.25. The summed E-state index contributed by atoms with van der Waals surface area (Å²) in [6, 6.07) is 0. The molecular formula is C19H36O7. The molecule has 0 amide bonds. The second-order valence-corrected chi connectivity index (χ2v) is 6.88. The Labute approximate surface area is 156 Å². The Balaban J connectivity index is 2.20. The molecule has 0 unspecified atom stereocenters. The van der Waals surface area contributed by atoms with E-state index in [1.807, 2.05) is 0 Å². The zero-order chi connectivity index (χ0) is 19.2. The Hall–Kier alpha value is -0.730. The van der Waals surface area contributed by atoms with Crippen molar-refractivity contribution in [3.8, 4) is 0 Å². The lowest BCUT2D eigenvalue weighted by Crippen LogP contribution is -2.44. The molecule has 154 valence electrons. The van der Waals surface area contributed by atoms with Gasteiger partial charge < -0.3 is 19.7 Å². The highest BCUT2D eigenvalue weighted by Gasteiger charge is 2.44. The van der Waals surface area contributed by atoms with Gasteiger partial charge in [-0.15, -0.1) is 0 Å². The number of esters is 1. The minimum Gasteiger partial charge on any atom is -0.457 e. The van der Waals surface area contributed by atoms with Crippen molar-refractivity contribution in [3.63, 3.8) is 0 Å². The van der Waals surface area contributed by atoms with E-state index in [9.17, 15) is 15.0 Å². The number of hydrogen-bond donors (Lipinski definition) is 2. The molecular weight excluding hydrogens is 340 g/mol. The molecule has 7 heteroatoms. The maximum atomic E-state index is 12.0. The van der Waals surface area contributed by atoms with Crippen LogP contribution in [0.25, 0.3) is 0 Å². The predicted octanol–water partition coefficient (Wildman–Crippen LogP) is 2.52. The minimum atomic E-state index is -0.929. The van der Waals surface area contributed by atoms with Crippen molar-refractivity contribution in [3.05, 3.63) is 0 Å². The van der Waals surface area contributed by atoms with Gasteiger partial charge in [-0.3, -0.25) is 4.79 Å². The van der Waals surface area contributed by atoms with Crippen LogP contribution in [0.15, 0.2) is 0 Å². The monoisotopic (exact) mass is 376 g/mol. The Morgan fingerprint density at radius 2 is 1.73 bits per heavy atom. The van der Waals surface area contributed by atoms with Crippen LogP contribution in [0, 0.1) is 0 Å². The van der Waals surface area contributed by atoms with E-state index in [1.54, 1.807) is 0 Å². The fourth-order valence-electron chi connectivity index (χ4n) is 3.19. The summed E-state index contributed by atoms with van der Waals surface area (Å²) in [5.74, 6) is -0.360. The van der Waals surface area contributed by atoms with Crippen molar-refractivity contribution in [1.82, 2.24) is 0 Å². The quantitative estimate of drug-likeness (QED) is 0.196. The summed E-state index contributed by atoms with van der Waals surface area (Å²) >= 11 is 0. The molecule has 0 aromatic rings. The first-order valence-corrected chi connectivity index (χ1v) is 9.93. The molecule has 0 aromatic heterocycles. The van der Waals surface area contributed by atoms with E-state index >= 15 is 0 Å². The van der Waals surface area contributed by atoms with Gasteiger partial charge in [0.05, 0.1) is 20.3 Å². The van der Waals surface area contributed by atoms with Crippen LogP contribution in [0.1, 0.15) is 71.1 Å². The molecule has 0 aromatic carbocycles. The van der Waals surface area contributed by atoms with Gasteiger partial charge in [0.1, 0.15) is 18.3 Å². The fraction of sp³-hybridized carbons (Fsp3) is 0.947. The third-order valence-electron chi connectivity index (χ3n) is 4.68. The van der Waals surface area contributed by atoms with Crippen LogP contribution in [0.4, 0.5) is 0 Å². The van der Waals surface area contributed by atoms with E-state index in [0.717, 1.165) is 19.3 Å². The summed E-state index contributed by atoms with van der Waals surface area (Å²) in [5.41, 5.74) is 0. The van der Waals surface area contributed by atoms with Gasteiger partial charge in [0.15, 0.2) is 6.10 Å². The molecule has 0 saturated carbocycles. The molecule has 0 spiro atoms. The first-order chi connectivity index (χ1) is 12.6. The van der Waals surface area contributed by atoms with Crippen LogP contribution < -0.4 is 0 Å². The van der Waals surface area contributed by atoms with Gasteiger partial charge in [0.2, 0.25) is 0 Å². The summed E-state index contributed by atoms with van der Waals surface area (Å²) in [6.45, 7) is 1.88. The summed E-state index contributed by atoms with van der Waals surface area (Å²) in [6.07, 6.45) is 7.55. The van der Waals surface area contributed by atoms with E-state index in [2.05, 4.69) is 11.8 Å². The van der Waals surface area contributed by atoms with Crippen molar-refractivity contribution in [2.45, 2.75) is 95.5 Å². The normalized spacial score (nSPS) is 23.9. The van der Waals surface area contributed by atoms with E-state index in [0.29, 0.717) is 6.42 Å². The first-order valence-electron chi connectivity index (χ1n) is 9.93. The van der Waals surface area contributed by atoms with Gasteiger partial charge in [0.25, 0.3) is 0 Å². The number of ether oxygens (including phenoxy) is 2. The topological polar surface area (TPSA) is 94.5 Å². The Kier molecular flexibility index (Phi) is 12.9. The summed E-state index contributed by atoms with van der Waals surface area (Å²) in [5, 5.41) is 19.3. The molecule has 0 radical (unpaired) electrons. The van der Waals surface area contributed by atoms with Crippen molar-refractivity contribution in [2.24, 2.45) is 0 Å². The highest BCUT2D eigenvalue weighted by molar-refractivity contribution is 5.69. The van der Waals surface area contributed by atoms with E-state index in [1.165, 1.54) is 45.6 Å². The zero-order valence-corrected chi connectivity index (χ0v) is 16.2. The van der Waals surface area contributed by atoms with Crippen LogP contribution in [0.5, 0.6) is 0 Å².